The van der Waals surface area contributed by atoms with Gasteiger partial charge in [0.1, 0.15) is 11.6 Å². The van der Waals surface area contributed by atoms with E-state index in [0.29, 0.717) is 5.69 Å². The van der Waals surface area contributed by atoms with Crippen LogP contribution in [0.3, 0.4) is 0 Å². The van der Waals surface area contributed by atoms with E-state index in [1.54, 1.807) is 18.2 Å². The molecule has 8 heteroatoms. The Labute approximate surface area is 139 Å². The molecular formula is C15H15ClFN3O2S. The molecule has 3 aromatic rings. The SMILES string of the molecule is Cc1nc2ccc(NS(=O)(=O)c3ccc(F)c(C)c3)cc2[nH]1.Cl. The fraction of sp³-hybridized carbons (Fsp3) is 0.133. The van der Waals surface area contributed by atoms with Gasteiger partial charge in [0, 0.05) is 0 Å². The van der Waals surface area contributed by atoms with Gasteiger partial charge in [0.15, 0.2) is 0 Å². The van der Waals surface area contributed by atoms with Crippen molar-refractivity contribution in [2.75, 3.05) is 4.72 Å². The third-order valence-electron chi connectivity index (χ3n) is 3.29. The Balaban J connectivity index is 0.00000192. The lowest BCUT2D eigenvalue weighted by atomic mass is 10.2. The van der Waals surface area contributed by atoms with Gasteiger partial charge < -0.3 is 4.98 Å². The molecular weight excluding hydrogens is 341 g/mol. The third-order valence-corrected chi connectivity index (χ3v) is 4.67. The lowest BCUT2D eigenvalue weighted by Gasteiger charge is -2.09. The third kappa shape index (κ3) is 3.46. The molecule has 0 radical (unpaired) electrons. The van der Waals surface area contributed by atoms with Crippen molar-refractivity contribution in [2.24, 2.45) is 0 Å². The van der Waals surface area contributed by atoms with Crippen LogP contribution < -0.4 is 4.72 Å². The van der Waals surface area contributed by atoms with Crippen LogP contribution in [0.5, 0.6) is 0 Å². The summed E-state index contributed by atoms with van der Waals surface area (Å²) in [4.78, 5) is 7.32. The summed E-state index contributed by atoms with van der Waals surface area (Å²) in [5.41, 5.74) is 2.20. The molecule has 3 rings (SSSR count). The smallest absolute Gasteiger partial charge is 0.261 e. The normalized spacial score (nSPS) is 11.3. The molecule has 1 heterocycles. The number of nitrogens with zero attached hydrogens (tertiary/aromatic N) is 1. The summed E-state index contributed by atoms with van der Waals surface area (Å²) < 4.78 is 40.4. The molecule has 0 aliphatic carbocycles. The van der Waals surface area contributed by atoms with Gasteiger partial charge in [0.25, 0.3) is 10.0 Å². The Kier molecular flexibility index (Phi) is 4.63. The molecule has 122 valence electrons. The van der Waals surface area contributed by atoms with E-state index < -0.39 is 15.8 Å². The number of nitrogens with one attached hydrogen (secondary N) is 2. The van der Waals surface area contributed by atoms with Crippen LogP contribution in [0.25, 0.3) is 11.0 Å². The van der Waals surface area contributed by atoms with Crippen LogP contribution >= 0.6 is 12.4 Å². The second kappa shape index (κ2) is 6.17. The number of sulfonamides is 1. The van der Waals surface area contributed by atoms with Crippen LogP contribution in [0.4, 0.5) is 10.1 Å². The van der Waals surface area contributed by atoms with Crippen LogP contribution in [-0.4, -0.2) is 18.4 Å². The van der Waals surface area contributed by atoms with E-state index in [1.165, 1.54) is 19.1 Å². The second-order valence-electron chi connectivity index (χ2n) is 5.07. The van der Waals surface area contributed by atoms with Gasteiger partial charge in [-0.2, -0.15) is 0 Å². The number of rotatable bonds is 3. The van der Waals surface area contributed by atoms with Gasteiger partial charge in [-0.25, -0.2) is 17.8 Å². The Morgan fingerprint density at radius 3 is 2.57 bits per heavy atom. The molecule has 1 aromatic heterocycles. The van der Waals surface area contributed by atoms with Crippen molar-refractivity contribution >= 4 is 39.2 Å². The molecule has 0 bridgehead atoms. The van der Waals surface area contributed by atoms with Crippen LogP contribution in [0.15, 0.2) is 41.3 Å². The lowest BCUT2D eigenvalue weighted by Crippen LogP contribution is -2.13. The van der Waals surface area contributed by atoms with Crippen LogP contribution in [0, 0.1) is 19.7 Å². The Morgan fingerprint density at radius 1 is 1.13 bits per heavy atom. The number of halogens is 2. The summed E-state index contributed by atoms with van der Waals surface area (Å²) in [6.07, 6.45) is 0. The van der Waals surface area contributed by atoms with E-state index >= 15 is 0 Å². The maximum Gasteiger partial charge on any atom is 0.261 e. The Bertz CT molecular complexity index is 970. The first-order chi connectivity index (χ1) is 10.3. The topological polar surface area (TPSA) is 74.8 Å². The van der Waals surface area contributed by atoms with Crippen molar-refractivity contribution in [3.05, 3.63) is 53.6 Å². The Hall–Kier alpha value is -2.12. The monoisotopic (exact) mass is 355 g/mol. The second-order valence-corrected chi connectivity index (χ2v) is 6.75. The number of anilines is 1. The highest BCUT2D eigenvalue weighted by Gasteiger charge is 2.16. The summed E-state index contributed by atoms with van der Waals surface area (Å²) >= 11 is 0. The predicted octanol–water partition coefficient (Wildman–Crippen LogP) is 3.54. The largest absolute Gasteiger partial charge is 0.342 e. The van der Waals surface area contributed by atoms with Gasteiger partial charge in [-0.3, -0.25) is 4.72 Å². The van der Waals surface area contributed by atoms with Gasteiger partial charge >= 0.3 is 0 Å². The number of hydrogen-bond donors (Lipinski definition) is 2. The minimum absolute atomic E-state index is 0. The van der Waals surface area contributed by atoms with E-state index in [1.807, 2.05) is 6.92 Å². The highest BCUT2D eigenvalue weighted by atomic mass is 35.5. The fourth-order valence-corrected chi connectivity index (χ4v) is 3.33. The number of H-pyrrole nitrogens is 1. The number of benzene rings is 2. The zero-order valence-corrected chi connectivity index (χ0v) is 14.1. The summed E-state index contributed by atoms with van der Waals surface area (Å²) in [5, 5.41) is 0. The highest BCUT2D eigenvalue weighted by Crippen LogP contribution is 2.21. The minimum atomic E-state index is -3.77. The lowest BCUT2D eigenvalue weighted by molar-refractivity contribution is 0.598. The van der Waals surface area contributed by atoms with E-state index in [-0.39, 0.29) is 22.9 Å². The van der Waals surface area contributed by atoms with Crippen molar-refractivity contribution in [3.63, 3.8) is 0 Å². The predicted molar refractivity (Wildman–Crippen MR) is 90.0 cm³/mol. The average molecular weight is 356 g/mol. The number of aryl methyl sites for hydroxylation is 2. The van der Waals surface area contributed by atoms with Gasteiger partial charge in [-0.1, -0.05) is 0 Å². The van der Waals surface area contributed by atoms with E-state index in [9.17, 15) is 12.8 Å². The molecule has 2 N–H and O–H groups in total. The van der Waals surface area contributed by atoms with Crippen LogP contribution in [-0.2, 0) is 10.0 Å². The first kappa shape index (κ1) is 17.2. The number of aromatic nitrogens is 2. The zero-order valence-electron chi connectivity index (χ0n) is 12.4. The molecule has 0 fully saturated rings. The van der Waals surface area contributed by atoms with Gasteiger partial charge in [-0.15, -0.1) is 12.4 Å². The quantitative estimate of drug-likeness (QED) is 0.754. The average Bonchev–Trinajstić information content (AvgIpc) is 2.80. The molecule has 0 atom stereocenters. The molecule has 0 unspecified atom stereocenters. The maximum atomic E-state index is 13.3. The summed E-state index contributed by atoms with van der Waals surface area (Å²) in [7, 11) is -3.77. The van der Waals surface area contributed by atoms with E-state index in [2.05, 4.69) is 14.7 Å². The van der Waals surface area contributed by atoms with E-state index in [0.717, 1.165) is 22.9 Å². The van der Waals surface area contributed by atoms with Crippen molar-refractivity contribution < 1.29 is 12.8 Å². The molecule has 0 spiro atoms. The molecule has 0 aliphatic heterocycles. The summed E-state index contributed by atoms with van der Waals surface area (Å²) in [6, 6.07) is 8.72. The van der Waals surface area contributed by atoms with Crippen LogP contribution in [0.1, 0.15) is 11.4 Å². The van der Waals surface area contributed by atoms with Crippen molar-refractivity contribution in [3.8, 4) is 0 Å². The molecule has 0 saturated heterocycles. The molecule has 5 nitrogen and oxygen atoms in total. The van der Waals surface area contributed by atoms with E-state index in [4.69, 9.17) is 0 Å². The number of fused-ring (bicyclic) bond motifs is 1. The fourth-order valence-electron chi connectivity index (χ4n) is 2.20. The van der Waals surface area contributed by atoms with Gasteiger partial charge in [0.2, 0.25) is 0 Å². The van der Waals surface area contributed by atoms with Crippen LogP contribution in [0.2, 0.25) is 0 Å². The molecule has 23 heavy (non-hydrogen) atoms. The highest BCUT2D eigenvalue weighted by molar-refractivity contribution is 7.92. The van der Waals surface area contributed by atoms with Crippen molar-refractivity contribution in [1.82, 2.24) is 9.97 Å². The number of hydrogen-bond acceptors (Lipinski definition) is 3. The zero-order chi connectivity index (χ0) is 15.9. The molecule has 0 amide bonds. The molecule has 0 aliphatic rings. The number of aromatic amines is 1. The standard InChI is InChI=1S/C15H14FN3O2S.ClH/c1-9-7-12(4-5-13(9)16)22(20,21)19-11-3-6-14-15(8-11)18-10(2)17-14;/h3-8,19H,1-2H3,(H,17,18);1H. The Morgan fingerprint density at radius 2 is 1.87 bits per heavy atom. The maximum absolute atomic E-state index is 13.3. The first-order valence-corrected chi connectivity index (χ1v) is 8.09. The van der Waals surface area contributed by atoms with Gasteiger partial charge in [0.05, 0.1) is 21.6 Å². The minimum Gasteiger partial charge on any atom is -0.342 e. The molecule has 0 saturated carbocycles. The number of imidazole rings is 1. The molecule has 2 aromatic carbocycles. The summed E-state index contributed by atoms with van der Waals surface area (Å²) in [5.74, 6) is 0.317. The van der Waals surface area contributed by atoms with Crippen molar-refractivity contribution in [2.45, 2.75) is 18.7 Å². The summed E-state index contributed by atoms with van der Waals surface area (Å²) in [6.45, 7) is 3.35. The first-order valence-electron chi connectivity index (χ1n) is 6.60. The van der Waals surface area contributed by atoms with Crippen molar-refractivity contribution in [1.29, 1.82) is 0 Å². The van der Waals surface area contributed by atoms with Gasteiger partial charge in [-0.05, 0) is 55.8 Å².